The number of aromatic nitrogens is 5. The van der Waals surface area contributed by atoms with Crippen molar-refractivity contribution in [2.45, 2.75) is 19.9 Å². The maximum atomic E-state index is 12.5. The van der Waals surface area contributed by atoms with Gasteiger partial charge in [-0.05, 0) is 55.7 Å². The van der Waals surface area contributed by atoms with Crippen molar-refractivity contribution in [2.24, 2.45) is 7.05 Å². The second-order valence-electron chi connectivity index (χ2n) is 10.4. The van der Waals surface area contributed by atoms with Gasteiger partial charge in [0.25, 0.3) is 5.91 Å². The quantitative estimate of drug-likeness (QED) is 0.324. The smallest absolute Gasteiger partial charge is 0.298 e. The molecule has 2 aromatic carbocycles. The molecule has 0 spiro atoms. The number of aryl methyl sites for hydroxylation is 2. The van der Waals surface area contributed by atoms with E-state index in [2.05, 4.69) is 37.0 Å². The minimum Gasteiger partial charge on any atom is -0.487 e. The number of amides is 1. The van der Waals surface area contributed by atoms with Crippen LogP contribution >= 0.6 is 0 Å². The number of hydrogen-bond donors (Lipinski definition) is 1. The lowest BCUT2D eigenvalue weighted by atomic mass is 10.1. The SMILES string of the molecule is CC#CC(=O)N1CCN2CC1COc1cc3ncnc(Nc4ccc(Oc5ccc6c(c5)ncn6C)c(C)c4)c3nc12. The van der Waals surface area contributed by atoms with Gasteiger partial charge in [0, 0.05) is 44.5 Å². The van der Waals surface area contributed by atoms with Gasteiger partial charge in [0.2, 0.25) is 0 Å². The molecule has 11 heteroatoms. The van der Waals surface area contributed by atoms with Gasteiger partial charge in [0.05, 0.1) is 28.9 Å². The Morgan fingerprint density at radius 2 is 2.00 bits per heavy atom. The van der Waals surface area contributed by atoms with Crippen LogP contribution < -0.4 is 19.7 Å². The van der Waals surface area contributed by atoms with Gasteiger partial charge in [-0.15, -0.1) is 0 Å². The van der Waals surface area contributed by atoms with Crippen molar-refractivity contribution in [3.8, 4) is 29.1 Å². The first-order valence-electron chi connectivity index (χ1n) is 13.7. The largest absolute Gasteiger partial charge is 0.487 e. The van der Waals surface area contributed by atoms with Gasteiger partial charge in [0.1, 0.15) is 29.9 Å². The Morgan fingerprint density at radius 3 is 2.86 bits per heavy atom. The maximum Gasteiger partial charge on any atom is 0.298 e. The Labute approximate surface area is 242 Å². The fraction of sp³-hybridized carbons (Fsp3) is 0.258. The highest BCUT2D eigenvalue weighted by Gasteiger charge is 2.35. The zero-order chi connectivity index (χ0) is 28.8. The van der Waals surface area contributed by atoms with Crippen LogP contribution in [0, 0.1) is 18.8 Å². The highest BCUT2D eigenvalue weighted by Crippen LogP contribution is 2.36. The summed E-state index contributed by atoms with van der Waals surface area (Å²) in [6.07, 6.45) is 3.30. The first kappa shape index (κ1) is 25.6. The predicted octanol–water partition coefficient (Wildman–Crippen LogP) is 4.19. The number of nitrogens with one attached hydrogen (secondary N) is 1. The molecule has 5 aromatic rings. The van der Waals surface area contributed by atoms with Crippen LogP contribution in [-0.2, 0) is 11.8 Å². The molecular weight excluding hydrogens is 532 g/mol. The molecule has 210 valence electrons. The number of fused-ring (bicyclic) bond motifs is 6. The summed E-state index contributed by atoms with van der Waals surface area (Å²) in [5.41, 5.74) is 5.03. The molecule has 1 saturated heterocycles. The Kier molecular flexibility index (Phi) is 6.23. The molecule has 2 aliphatic rings. The van der Waals surface area contributed by atoms with Crippen LogP contribution in [0.5, 0.6) is 17.2 Å². The fourth-order valence-corrected chi connectivity index (χ4v) is 5.49. The second kappa shape index (κ2) is 10.2. The molecule has 1 atom stereocenters. The van der Waals surface area contributed by atoms with E-state index in [0.29, 0.717) is 48.8 Å². The van der Waals surface area contributed by atoms with E-state index in [9.17, 15) is 4.79 Å². The molecule has 11 nitrogen and oxygen atoms in total. The molecular formula is C31H28N8O3. The number of rotatable bonds is 4. The van der Waals surface area contributed by atoms with Crippen molar-refractivity contribution in [1.29, 1.82) is 0 Å². The molecule has 1 amide bonds. The Balaban J connectivity index is 1.14. The van der Waals surface area contributed by atoms with Crippen LogP contribution in [0.15, 0.2) is 55.1 Å². The third-order valence-corrected chi connectivity index (χ3v) is 7.63. The average molecular weight is 561 g/mol. The van der Waals surface area contributed by atoms with Gasteiger partial charge in [-0.1, -0.05) is 5.92 Å². The summed E-state index contributed by atoms with van der Waals surface area (Å²) in [6.45, 7) is 5.84. The normalized spacial score (nSPS) is 15.8. The van der Waals surface area contributed by atoms with Crippen molar-refractivity contribution in [2.75, 3.05) is 36.5 Å². The fourth-order valence-electron chi connectivity index (χ4n) is 5.49. The summed E-state index contributed by atoms with van der Waals surface area (Å²) in [6, 6.07) is 13.6. The molecule has 5 heterocycles. The zero-order valence-corrected chi connectivity index (χ0v) is 23.5. The third kappa shape index (κ3) is 4.56. The summed E-state index contributed by atoms with van der Waals surface area (Å²) in [7, 11) is 1.97. The van der Waals surface area contributed by atoms with E-state index >= 15 is 0 Å². The van der Waals surface area contributed by atoms with E-state index < -0.39 is 0 Å². The van der Waals surface area contributed by atoms with Crippen LogP contribution in [0.1, 0.15) is 12.5 Å². The standard InChI is InChI=1S/C31H28N8O3/c1-4-5-28(40)39-11-10-38-15-21(39)16-41-27-14-24-29(36-31(27)38)30(33-17-32-24)35-20-6-9-26(19(2)12-20)42-22-7-8-25-23(13-22)34-18-37(25)3/h6-9,12-14,17-18,21H,10-11,15-16H2,1-3H3,(H,32,33,35). The van der Waals surface area contributed by atoms with Crippen molar-refractivity contribution >= 4 is 45.3 Å². The molecule has 2 aliphatic heterocycles. The van der Waals surface area contributed by atoms with Crippen LogP contribution in [0.2, 0.25) is 0 Å². The minimum absolute atomic E-state index is 0.109. The number of anilines is 3. The summed E-state index contributed by atoms with van der Waals surface area (Å²) in [5, 5.41) is 3.41. The van der Waals surface area contributed by atoms with Crippen LogP contribution in [0.4, 0.5) is 17.3 Å². The monoisotopic (exact) mass is 560 g/mol. The van der Waals surface area contributed by atoms with E-state index in [0.717, 1.165) is 39.6 Å². The third-order valence-electron chi connectivity index (χ3n) is 7.63. The number of imidazole rings is 1. The lowest BCUT2D eigenvalue weighted by Crippen LogP contribution is -2.56. The first-order valence-corrected chi connectivity index (χ1v) is 13.7. The van der Waals surface area contributed by atoms with E-state index in [1.165, 1.54) is 6.33 Å². The van der Waals surface area contributed by atoms with Gasteiger partial charge in [-0.2, -0.15) is 0 Å². The summed E-state index contributed by atoms with van der Waals surface area (Å²) >= 11 is 0. The van der Waals surface area contributed by atoms with Crippen LogP contribution in [-0.4, -0.2) is 67.6 Å². The molecule has 3 aromatic heterocycles. The first-order chi connectivity index (χ1) is 20.5. The van der Waals surface area contributed by atoms with Gasteiger partial charge in [-0.3, -0.25) is 4.79 Å². The van der Waals surface area contributed by atoms with Gasteiger partial charge >= 0.3 is 0 Å². The number of hydrogen-bond acceptors (Lipinski definition) is 9. The number of carbonyl (C=O) groups excluding carboxylic acids is 1. The molecule has 0 radical (unpaired) electrons. The number of pyridine rings is 1. The Hall–Kier alpha value is -5.37. The second-order valence-corrected chi connectivity index (χ2v) is 10.4. The van der Waals surface area contributed by atoms with Crippen molar-refractivity contribution < 1.29 is 14.3 Å². The zero-order valence-electron chi connectivity index (χ0n) is 23.5. The predicted molar refractivity (Wildman–Crippen MR) is 159 cm³/mol. The van der Waals surface area contributed by atoms with Crippen LogP contribution in [0.25, 0.3) is 22.1 Å². The lowest BCUT2D eigenvalue weighted by molar-refractivity contribution is -0.128. The molecule has 1 unspecified atom stereocenters. The Bertz CT molecular complexity index is 1920. The molecule has 7 rings (SSSR count). The van der Waals surface area contributed by atoms with E-state index in [1.54, 1.807) is 18.2 Å². The number of piperazine rings is 1. The molecule has 2 bridgehead atoms. The highest BCUT2D eigenvalue weighted by molar-refractivity contribution is 5.94. The van der Waals surface area contributed by atoms with E-state index in [-0.39, 0.29) is 11.9 Å². The van der Waals surface area contributed by atoms with Gasteiger partial charge in [-0.25, -0.2) is 19.9 Å². The summed E-state index contributed by atoms with van der Waals surface area (Å²) in [5.74, 6) is 8.62. The topological polar surface area (TPSA) is 111 Å². The maximum absolute atomic E-state index is 12.5. The van der Waals surface area contributed by atoms with Crippen LogP contribution in [0.3, 0.4) is 0 Å². The highest BCUT2D eigenvalue weighted by atomic mass is 16.5. The van der Waals surface area contributed by atoms with Crippen molar-refractivity contribution in [3.05, 3.63) is 60.7 Å². The molecule has 1 fully saturated rings. The van der Waals surface area contributed by atoms with Gasteiger partial charge < -0.3 is 29.2 Å². The Morgan fingerprint density at radius 1 is 1.10 bits per heavy atom. The minimum atomic E-state index is -0.173. The molecule has 0 saturated carbocycles. The molecule has 0 aliphatic carbocycles. The number of carbonyl (C=O) groups is 1. The molecule has 1 N–H and O–H groups in total. The average Bonchev–Trinajstić information content (AvgIpc) is 3.30. The summed E-state index contributed by atoms with van der Waals surface area (Å²) in [4.78, 5) is 34.8. The lowest BCUT2D eigenvalue weighted by Gasteiger charge is -2.38. The van der Waals surface area contributed by atoms with E-state index in [1.807, 2.05) is 61.0 Å². The molecule has 42 heavy (non-hydrogen) atoms. The number of benzene rings is 2. The van der Waals surface area contributed by atoms with E-state index in [4.69, 9.17) is 14.5 Å². The van der Waals surface area contributed by atoms with Gasteiger partial charge in [0.15, 0.2) is 17.4 Å². The van der Waals surface area contributed by atoms with Crippen molar-refractivity contribution in [3.63, 3.8) is 0 Å². The summed E-state index contributed by atoms with van der Waals surface area (Å²) < 4.78 is 14.3. The number of ether oxygens (including phenoxy) is 2. The van der Waals surface area contributed by atoms with Crippen molar-refractivity contribution in [1.82, 2.24) is 29.4 Å². The number of nitrogens with zero attached hydrogens (tertiary/aromatic N) is 7.